The molecule has 0 saturated carbocycles. The van der Waals surface area contributed by atoms with Gasteiger partial charge in [-0.1, -0.05) is 0 Å². The average molecular weight is 213 g/mol. The molecule has 82 valence electrons. The maximum Gasteiger partial charge on any atom is 0.471 e. The van der Waals surface area contributed by atoms with E-state index in [4.69, 9.17) is 5.11 Å². The quantitative estimate of drug-likeness (QED) is 0.729. The molecular weight excluding hydrogens is 203 g/mol. The first-order valence-electron chi connectivity index (χ1n) is 3.83. The molecule has 0 bridgehead atoms. The highest BCUT2D eigenvalue weighted by Crippen LogP contribution is 2.14. The van der Waals surface area contributed by atoms with E-state index in [0.29, 0.717) is 0 Å². The third-order valence-electron chi connectivity index (χ3n) is 1.43. The molecule has 0 radical (unpaired) electrons. The number of hydrogen-bond donors (Lipinski definition) is 2. The topological polar surface area (TPSA) is 66.4 Å². The minimum Gasteiger partial charge on any atom is -0.481 e. The average Bonchev–Trinajstić information content (AvgIpc) is 1.99. The highest BCUT2D eigenvalue weighted by molar-refractivity contribution is 5.81. The van der Waals surface area contributed by atoms with Crippen LogP contribution < -0.4 is 5.32 Å². The number of hydrogen-bond acceptors (Lipinski definition) is 2. The minimum absolute atomic E-state index is 0.0306. The number of rotatable bonds is 4. The normalized spacial score (nSPS) is 13.4. The van der Waals surface area contributed by atoms with Crippen molar-refractivity contribution in [3.05, 3.63) is 0 Å². The predicted molar refractivity (Wildman–Crippen MR) is 40.5 cm³/mol. The predicted octanol–water partition coefficient (Wildman–Crippen LogP) is 0.918. The fourth-order valence-electron chi connectivity index (χ4n) is 0.718. The van der Waals surface area contributed by atoms with Crippen molar-refractivity contribution in [1.82, 2.24) is 5.32 Å². The summed E-state index contributed by atoms with van der Waals surface area (Å²) in [5.74, 6) is -3.16. The molecule has 1 atom stereocenters. The lowest BCUT2D eigenvalue weighted by Crippen LogP contribution is -2.41. The van der Waals surface area contributed by atoms with Crippen LogP contribution in [0.4, 0.5) is 13.2 Å². The van der Waals surface area contributed by atoms with Gasteiger partial charge in [-0.2, -0.15) is 13.2 Å². The maximum absolute atomic E-state index is 11.7. The van der Waals surface area contributed by atoms with Crippen molar-refractivity contribution in [2.45, 2.75) is 32.0 Å². The summed E-state index contributed by atoms with van der Waals surface area (Å²) in [4.78, 5) is 20.4. The lowest BCUT2D eigenvalue weighted by molar-refractivity contribution is -0.174. The lowest BCUT2D eigenvalue weighted by atomic mass is 10.2. The van der Waals surface area contributed by atoms with E-state index in [1.54, 1.807) is 5.32 Å². The summed E-state index contributed by atoms with van der Waals surface area (Å²) in [5.41, 5.74) is 0. The molecule has 14 heavy (non-hydrogen) atoms. The Kier molecular flexibility index (Phi) is 4.39. The van der Waals surface area contributed by atoms with Gasteiger partial charge in [0.2, 0.25) is 0 Å². The van der Waals surface area contributed by atoms with Crippen LogP contribution in [0.5, 0.6) is 0 Å². The fourth-order valence-corrected chi connectivity index (χ4v) is 0.718. The van der Waals surface area contributed by atoms with Crippen LogP contribution in [0.25, 0.3) is 0 Å². The molecule has 0 saturated heterocycles. The summed E-state index contributed by atoms with van der Waals surface area (Å²) in [5, 5.41) is 9.87. The number of carboxylic acids is 1. The Bertz CT molecular complexity index is 227. The SMILES string of the molecule is C[C@H](CCC(=O)O)NC(=O)C(F)(F)F. The van der Waals surface area contributed by atoms with E-state index in [1.807, 2.05) is 0 Å². The molecule has 0 aromatic heterocycles. The third-order valence-corrected chi connectivity index (χ3v) is 1.43. The van der Waals surface area contributed by atoms with Gasteiger partial charge in [0.25, 0.3) is 0 Å². The molecule has 2 N–H and O–H groups in total. The van der Waals surface area contributed by atoms with E-state index in [0.717, 1.165) is 0 Å². The van der Waals surface area contributed by atoms with Gasteiger partial charge in [0.15, 0.2) is 0 Å². The van der Waals surface area contributed by atoms with Crippen LogP contribution in [0.3, 0.4) is 0 Å². The molecule has 0 spiro atoms. The largest absolute Gasteiger partial charge is 0.481 e. The minimum atomic E-state index is -4.92. The van der Waals surface area contributed by atoms with E-state index >= 15 is 0 Å². The van der Waals surface area contributed by atoms with Crippen molar-refractivity contribution < 1.29 is 27.9 Å². The number of carbonyl (C=O) groups excluding carboxylic acids is 1. The van der Waals surface area contributed by atoms with Crippen molar-refractivity contribution in [3.8, 4) is 0 Å². The second kappa shape index (κ2) is 4.83. The van der Waals surface area contributed by atoms with Gasteiger partial charge < -0.3 is 10.4 Å². The van der Waals surface area contributed by atoms with E-state index in [2.05, 4.69) is 0 Å². The number of carbonyl (C=O) groups is 2. The molecule has 4 nitrogen and oxygen atoms in total. The van der Waals surface area contributed by atoms with Crippen molar-refractivity contribution >= 4 is 11.9 Å². The third kappa shape index (κ3) is 5.39. The van der Waals surface area contributed by atoms with E-state index < -0.39 is 24.1 Å². The maximum atomic E-state index is 11.7. The Hall–Kier alpha value is -1.27. The van der Waals surface area contributed by atoms with Crippen LogP contribution in [0.1, 0.15) is 19.8 Å². The van der Waals surface area contributed by atoms with Gasteiger partial charge in [0.05, 0.1) is 0 Å². The molecule has 7 heteroatoms. The molecule has 0 heterocycles. The highest BCUT2D eigenvalue weighted by Gasteiger charge is 2.39. The molecule has 0 fully saturated rings. The summed E-state index contributed by atoms with van der Waals surface area (Å²) in [6.45, 7) is 1.31. The summed E-state index contributed by atoms with van der Waals surface area (Å²) in [6.07, 6.45) is -5.23. The number of amides is 1. The molecule has 0 unspecified atom stereocenters. The van der Waals surface area contributed by atoms with Crippen LogP contribution in [0.2, 0.25) is 0 Å². The van der Waals surface area contributed by atoms with Gasteiger partial charge in [0.1, 0.15) is 0 Å². The van der Waals surface area contributed by atoms with Gasteiger partial charge >= 0.3 is 18.1 Å². The number of aliphatic carboxylic acids is 1. The number of alkyl halides is 3. The molecule has 0 aliphatic heterocycles. The standard InChI is InChI=1S/C7H10F3NO3/c1-4(2-3-5(12)13)11-6(14)7(8,9)10/h4H,2-3H2,1H3,(H,11,14)(H,12,13)/t4-/m1/s1. The van der Waals surface area contributed by atoms with Crippen LogP contribution >= 0.6 is 0 Å². The summed E-state index contributed by atoms with van der Waals surface area (Å²) in [7, 11) is 0. The smallest absolute Gasteiger partial charge is 0.471 e. The zero-order valence-corrected chi connectivity index (χ0v) is 7.39. The molecular formula is C7H10F3NO3. The summed E-state index contributed by atoms with van der Waals surface area (Å²) < 4.78 is 35.0. The lowest BCUT2D eigenvalue weighted by Gasteiger charge is -2.13. The molecule has 0 aromatic carbocycles. The Morgan fingerprint density at radius 2 is 1.93 bits per heavy atom. The van der Waals surface area contributed by atoms with Gasteiger partial charge in [-0.15, -0.1) is 0 Å². The van der Waals surface area contributed by atoms with Gasteiger partial charge in [-0.05, 0) is 13.3 Å². The monoisotopic (exact) mass is 213 g/mol. The first kappa shape index (κ1) is 12.7. The van der Waals surface area contributed by atoms with Crippen molar-refractivity contribution in [2.24, 2.45) is 0 Å². The van der Waals surface area contributed by atoms with Crippen LogP contribution in [-0.2, 0) is 9.59 Å². The van der Waals surface area contributed by atoms with Crippen LogP contribution in [-0.4, -0.2) is 29.2 Å². The van der Waals surface area contributed by atoms with E-state index in [-0.39, 0.29) is 12.8 Å². The molecule has 0 aromatic rings. The zero-order valence-electron chi connectivity index (χ0n) is 7.39. The first-order chi connectivity index (χ1) is 6.23. The van der Waals surface area contributed by atoms with Gasteiger partial charge in [-0.25, -0.2) is 0 Å². The van der Waals surface area contributed by atoms with Crippen LogP contribution in [0.15, 0.2) is 0 Å². The number of nitrogens with one attached hydrogen (secondary N) is 1. The Morgan fingerprint density at radius 1 is 1.43 bits per heavy atom. The number of halogens is 3. The summed E-state index contributed by atoms with van der Waals surface area (Å²) in [6, 6.07) is -0.805. The molecule has 0 aliphatic rings. The Morgan fingerprint density at radius 3 is 2.29 bits per heavy atom. The van der Waals surface area contributed by atoms with Crippen LogP contribution in [0, 0.1) is 0 Å². The fraction of sp³-hybridized carbons (Fsp3) is 0.714. The van der Waals surface area contributed by atoms with Crippen molar-refractivity contribution in [1.29, 1.82) is 0 Å². The van der Waals surface area contributed by atoms with E-state index in [9.17, 15) is 22.8 Å². The Balaban J connectivity index is 3.89. The van der Waals surface area contributed by atoms with E-state index in [1.165, 1.54) is 6.92 Å². The first-order valence-corrected chi connectivity index (χ1v) is 3.83. The molecule has 0 aliphatic carbocycles. The van der Waals surface area contributed by atoms with Gasteiger partial charge in [0, 0.05) is 12.5 Å². The summed E-state index contributed by atoms with van der Waals surface area (Å²) >= 11 is 0. The number of carboxylic acid groups (broad SMARTS) is 1. The van der Waals surface area contributed by atoms with Gasteiger partial charge in [-0.3, -0.25) is 9.59 Å². The van der Waals surface area contributed by atoms with Crippen molar-refractivity contribution in [3.63, 3.8) is 0 Å². The second-order valence-electron chi connectivity index (χ2n) is 2.80. The second-order valence-corrected chi connectivity index (χ2v) is 2.80. The molecule has 1 amide bonds. The molecule has 0 rings (SSSR count). The zero-order chi connectivity index (χ0) is 11.4. The van der Waals surface area contributed by atoms with Crippen molar-refractivity contribution in [2.75, 3.05) is 0 Å². The Labute approximate surface area is 78.1 Å². The highest BCUT2D eigenvalue weighted by atomic mass is 19.4.